The van der Waals surface area contributed by atoms with Gasteiger partial charge in [0.05, 0.1) is 0 Å². The molecule has 2 heterocycles. The number of hydrogen-bond donors (Lipinski definition) is 2. The molecule has 2 aliphatic heterocycles. The van der Waals surface area contributed by atoms with Crippen molar-refractivity contribution in [3.63, 3.8) is 0 Å². The average Bonchev–Trinajstić information content (AvgIpc) is 2.82. The lowest BCUT2D eigenvalue weighted by Crippen LogP contribution is -2.49. The molecule has 0 radical (unpaired) electrons. The van der Waals surface area contributed by atoms with E-state index >= 15 is 0 Å². The molecular formula is C11H23N3O2S. The Kier molecular flexibility index (Phi) is 4.41. The zero-order chi connectivity index (χ0) is 12.3. The molecule has 2 unspecified atom stereocenters. The third kappa shape index (κ3) is 3.19. The van der Waals surface area contributed by atoms with Gasteiger partial charge in [0.25, 0.3) is 10.2 Å². The normalized spacial score (nSPS) is 31.8. The number of rotatable bonds is 4. The molecule has 0 saturated carbocycles. The van der Waals surface area contributed by atoms with Crippen molar-refractivity contribution in [1.82, 2.24) is 14.3 Å². The quantitative estimate of drug-likeness (QED) is 0.765. The summed E-state index contributed by atoms with van der Waals surface area (Å²) < 4.78 is 28.1. The van der Waals surface area contributed by atoms with E-state index in [1.807, 2.05) is 6.92 Å². The molecule has 2 rings (SSSR count). The summed E-state index contributed by atoms with van der Waals surface area (Å²) in [4.78, 5) is 0. The smallest absolute Gasteiger partial charge is 0.279 e. The molecule has 5 nitrogen and oxygen atoms in total. The van der Waals surface area contributed by atoms with Crippen molar-refractivity contribution in [3.8, 4) is 0 Å². The minimum Gasteiger partial charge on any atom is -0.314 e. The van der Waals surface area contributed by atoms with E-state index in [-0.39, 0.29) is 0 Å². The number of nitrogens with one attached hydrogen (secondary N) is 2. The lowest BCUT2D eigenvalue weighted by molar-refractivity contribution is 0.225. The van der Waals surface area contributed by atoms with Gasteiger partial charge in [-0.25, -0.2) is 4.72 Å². The fraction of sp³-hybridized carbons (Fsp3) is 1.00. The first-order chi connectivity index (χ1) is 8.13. The lowest BCUT2D eigenvalue weighted by atomic mass is 9.91. The van der Waals surface area contributed by atoms with Crippen molar-refractivity contribution < 1.29 is 8.42 Å². The number of hydrogen-bond acceptors (Lipinski definition) is 3. The predicted molar refractivity (Wildman–Crippen MR) is 67.9 cm³/mol. The lowest BCUT2D eigenvalue weighted by Gasteiger charge is -2.34. The third-order valence-corrected chi connectivity index (χ3v) is 5.42. The van der Waals surface area contributed by atoms with E-state index < -0.39 is 10.2 Å². The molecule has 0 aliphatic carbocycles. The van der Waals surface area contributed by atoms with Gasteiger partial charge in [0, 0.05) is 25.7 Å². The van der Waals surface area contributed by atoms with Crippen molar-refractivity contribution in [3.05, 3.63) is 0 Å². The van der Waals surface area contributed by atoms with Crippen LogP contribution in [0.4, 0.5) is 0 Å². The highest BCUT2D eigenvalue weighted by Gasteiger charge is 2.33. The van der Waals surface area contributed by atoms with Crippen LogP contribution in [0.25, 0.3) is 0 Å². The Morgan fingerprint density at radius 1 is 1.35 bits per heavy atom. The zero-order valence-electron chi connectivity index (χ0n) is 10.5. The molecule has 0 aromatic carbocycles. The molecule has 2 saturated heterocycles. The van der Waals surface area contributed by atoms with Crippen LogP contribution in [0.15, 0.2) is 0 Å². The monoisotopic (exact) mass is 261 g/mol. The minimum atomic E-state index is -3.24. The minimum absolute atomic E-state index is 0.463. The SMILES string of the molecule is CCNS(=O)(=O)N1CCCC(C2CCCN2)C1. The van der Waals surface area contributed by atoms with Crippen LogP contribution in [0.1, 0.15) is 32.6 Å². The van der Waals surface area contributed by atoms with Gasteiger partial charge in [-0.3, -0.25) is 0 Å². The van der Waals surface area contributed by atoms with Crippen molar-refractivity contribution in [2.45, 2.75) is 38.6 Å². The van der Waals surface area contributed by atoms with Crippen LogP contribution in [0.2, 0.25) is 0 Å². The first-order valence-electron chi connectivity index (χ1n) is 6.61. The molecule has 0 amide bonds. The molecular weight excluding hydrogens is 238 g/mol. The van der Waals surface area contributed by atoms with E-state index in [9.17, 15) is 8.42 Å². The van der Waals surface area contributed by atoms with Gasteiger partial charge in [-0.05, 0) is 38.1 Å². The second kappa shape index (κ2) is 5.65. The Labute approximate surface area is 104 Å². The van der Waals surface area contributed by atoms with Crippen LogP contribution >= 0.6 is 0 Å². The molecule has 17 heavy (non-hydrogen) atoms. The Morgan fingerprint density at radius 3 is 2.82 bits per heavy atom. The third-order valence-electron chi connectivity index (χ3n) is 3.75. The van der Waals surface area contributed by atoms with E-state index in [1.165, 1.54) is 12.8 Å². The van der Waals surface area contributed by atoms with Gasteiger partial charge >= 0.3 is 0 Å². The van der Waals surface area contributed by atoms with E-state index in [4.69, 9.17) is 0 Å². The topological polar surface area (TPSA) is 61.4 Å². The summed E-state index contributed by atoms with van der Waals surface area (Å²) in [7, 11) is -3.24. The summed E-state index contributed by atoms with van der Waals surface area (Å²) in [5.41, 5.74) is 0. The first-order valence-corrected chi connectivity index (χ1v) is 8.05. The summed E-state index contributed by atoms with van der Waals surface area (Å²) in [6.07, 6.45) is 4.55. The average molecular weight is 261 g/mol. The van der Waals surface area contributed by atoms with Gasteiger partial charge in [0.2, 0.25) is 0 Å². The Hall–Kier alpha value is -0.170. The van der Waals surface area contributed by atoms with Crippen molar-refractivity contribution in [2.24, 2.45) is 5.92 Å². The molecule has 0 bridgehead atoms. The number of nitrogens with zero attached hydrogens (tertiary/aromatic N) is 1. The predicted octanol–water partition coefficient (Wildman–Crippen LogP) is 0.305. The molecule has 0 spiro atoms. The van der Waals surface area contributed by atoms with E-state index in [0.29, 0.717) is 31.6 Å². The fourth-order valence-electron chi connectivity index (χ4n) is 2.91. The number of piperidine rings is 1. The first kappa shape index (κ1) is 13.3. The Balaban J connectivity index is 1.96. The molecule has 6 heteroatoms. The maximum atomic E-state index is 11.9. The summed E-state index contributed by atoms with van der Waals surface area (Å²) in [5, 5.41) is 3.49. The van der Waals surface area contributed by atoms with Crippen LogP contribution in [-0.4, -0.2) is 44.9 Å². The molecule has 2 atom stereocenters. The van der Waals surface area contributed by atoms with E-state index in [1.54, 1.807) is 4.31 Å². The molecule has 2 N–H and O–H groups in total. The molecule has 2 fully saturated rings. The van der Waals surface area contributed by atoms with Gasteiger partial charge in [-0.15, -0.1) is 0 Å². The van der Waals surface area contributed by atoms with Crippen LogP contribution in [0.3, 0.4) is 0 Å². The van der Waals surface area contributed by atoms with Crippen molar-refractivity contribution >= 4 is 10.2 Å². The molecule has 100 valence electrons. The summed E-state index contributed by atoms with van der Waals surface area (Å²) in [6.45, 7) is 4.70. The largest absolute Gasteiger partial charge is 0.314 e. The highest BCUT2D eigenvalue weighted by atomic mass is 32.2. The fourth-order valence-corrected chi connectivity index (χ4v) is 4.21. The van der Waals surface area contributed by atoms with Gasteiger partial charge in [-0.1, -0.05) is 6.92 Å². The van der Waals surface area contributed by atoms with Crippen molar-refractivity contribution in [2.75, 3.05) is 26.2 Å². The molecule has 0 aromatic rings. The second-order valence-corrected chi connectivity index (χ2v) is 6.72. The zero-order valence-corrected chi connectivity index (χ0v) is 11.3. The highest BCUT2D eigenvalue weighted by Crippen LogP contribution is 2.25. The summed E-state index contributed by atoms with van der Waals surface area (Å²) >= 11 is 0. The van der Waals surface area contributed by atoms with Gasteiger partial charge in [0.1, 0.15) is 0 Å². The van der Waals surface area contributed by atoms with Gasteiger partial charge in [0.15, 0.2) is 0 Å². The van der Waals surface area contributed by atoms with Crippen LogP contribution in [0.5, 0.6) is 0 Å². The van der Waals surface area contributed by atoms with Gasteiger partial charge < -0.3 is 5.32 Å². The summed E-state index contributed by atoms with van der Waals surface area (Å²) in [6, 6.07) is 0.523. The van der Waals surface area contributed by atoms with Crippen LogP contribution in [-0.2, 0) is 10.2 Å². The Morgan fingerprint density at radius 2 is 2.18 bits per heavy atom. The maximum Gasteiger partial charge on any atom is 0.279 e. The van der Waals surface area contributed by atoms with E-state index in [2.05, 4.69) is 10.0 Å². The molecule has 0 aromatic heterocycles. The van der Waals surface area contributed by atoms with Crippen LogP contribution < -0.4 is 10.0 Å². The molecule has 2 aliphatic rings. The van der Waals surface area contributed by atoms with Crippen LogP contribution in [0, 0.1) is 5.92 Å². The maximum absolute atomic E-state index is 11.9. The van der Waals surface area contributed by atoms with Crippen molar-refractivity contribution in [1.29, 1.82) is 0 Å². The standard InChI is InChI=1S/C11H23N3O2S/c1-2-13-17(15,16)14-8-4-5-10(9-14)11-6-3-7-12-11/h10-13H,2-9H2,1H3. The van der Waals surface area contributed by atoms with E-state index in [0.717, 1.165) is 19.4 Å². The Bertz CT molecular complexity index is 339. The highest BCUT2D eigenvalue weighted by molar-refractivity contribution is 7.87. The second-order valence-electron chi connectivity index (χ2n) is 4.97. The van der Waals surface area contributed by atoms with Gasteiger partial charge in [-0.2, -0.15) is 12.7 Å². The summed E-state index contributed by atoms with van der Waals surface area (Å²) in [5.74, 6) is 0.486.